The Balaban J connectivity index is 2.02. The van der Waals surface area contributed by atoms with Crippen LogP contribution in [-0.4, -0.2) is 31.8 Å². The summed E-state index contributed by atoms with van der Waals surface area (Å²) in [5.41, 5.74) is 1.05. The number of esters is 1. The van der Waals surface area contributed by atoms with Crippen molar-refractivity contribution in [3.63, 3.8) is 0 Å². The fourth-order valence-electron chi connectivity index (χ4n) is 2.14. The van der Waals surface area contributed by atoms with E-state index in [1.54, 1.807) is 13.8 Å². The molecule has 0 bridgehead atoms. The number of carbonyl (C=O) groups excluding carboxylic acids is 1. The molecular weight excluding hydrogens is 258 g/mol. The number of benzene rings is 1. The molecule has 5 heteroatoms. The van der Waals surface area contributed by atoms with E-state index < -0.39 is 0 Å². The summed E-state index contributed by atoms with van der Waals surface area (Å²) < 4.78 is 16.0. The lowest BCUT2D eigenvalue weighted by atomic mass is 10.1. The summed E-state index contributed by atoms with van der Waals surface area (Å²) in [7, 11) is 0. The van der Waals surface area contributed by atoms with Crippen molar-refractivity contribution in [1.29, 1.82) is 0 Å². The summed E-state index contributed by atoms with van der Waals surface area (Å²) in [6, 6.07) is 5.49. The van der Waals surface area contributed by atoms with Crippen LogP contribution in [0.25, 0.3) is 0 Å². The smallest absolute Gasteiger partial charge is 0.322 e. The fraction of sp³-hybridized carbons (Fsp3) is 0.533. The Bertz CT molecular complexity index is 475. The molecule has 1 heterocycles. The quantitative estimate of drug-likeness (QED) is 0.836. The van der Waals surface area contributed by atoms with Crippen molar-refractivity contribution in [3.8, 4) is 11.5 Å². The van der Waals surface area contributed by atoms with E-state index in [1.807, 2.05) is 25.1 Å². The van der Waals surface area contributed by atoms with Crippen molar-refractivity contribution in [3.05, 3.63) is 23.8 Å². The third-order valence-electron chi connectivity index (χ3n) is 3.21. The van der Waals surface area contributed by atoms with Crippen LogP contribution in [0.2, 0.25) is 0 Å². The zero-order valence-electron chi connectivity index (χ0n) is 12.1. The van der Waals surface area contributed by atoms with Gasteiger partial charge in [-0.2, -0.15) is 0 Å². The first kappa shape index (κ1) is 14.7. The van der Waals surface area contributed by atoms with Gasteiger partial charge in [-0.3, -0.25) is 10.1 Å². The molecule has 1 aromatic rings. The Labute approximate surface area is 119 Å². The maximum Gasteiger partial charge on any atom is 0.322 e. The van der Waals surface area contributed by atoms with Crippen LogP contribution in [0.15, 0.2) is 18.2 Å². The standard InChI is InChI=1S/C15H21NO4/c1-4-18-15(17)11(3)16-10(2)12-5-6-13-14(9-12)20-8-7-19-13/h5-6,9-11,16H,4,7-8H2,1-3H3. The van der Waals surface area contributed by atoms with Gasteiger partial charge < -0.3 is 14.2 Å². The van der Waals surface area contributed by atoms with Crippen LogP contribution in [0.5, 0.6) is 11.5 Å². The van der Waals surface area contributed by atoms with Crippen LogP contribution >= 0.6 is 0 Å². The molecule has 0 saturated carbocycles. The molecule has 110 valence electrons. The predicted octanol–water partition coefficient (Wildman–Crippen LogP) is 2.06. The fourth-order valence-corrected chi connectivity index (χ4v) is 2.14. The van der Waals surface area contributed by atoms with Gasteiger partial charge in [-0.05, 0) is 38.5 Å². The Morgan fingerprint density at radius 3 is 2.70 bits per heavy atom. The normalized spacial score (nSPS) is 16.4. The van der Waals surface area contributed by atoms with E-state index in [-0.39, 0.29) is 18.1 Å². The average molecular weight is 279 g/mol. The maximum absolute atomic E-state index is 11.6. The number of carbonyl (C=O) groups is 1. The highest BCUT2D eigenvalue weighted by Gasteiger charge is 2.19. The lowest BCUT2D eigenvalue weighted by Gasteiger charge is -2.22. The molecule has 0 aliphatic carbocycles. The van der Waals surface area contributed by atoms with Gasteiger partial charge in [-0.15, -0.1) is 0 Å². The first-order chi connectivity index (χ1) is 9.61. The summed E-state index contributed by atoms with van der Waals surface area (Å²) in [6.45, 7) is 7.14. The van der Waals surface area contributed by atoms with Gasteiger partial charge in [0.1, 0.15) is 19.3 Å². The Morgan fingerprint density at radius 2 is 2.00 bits per heavy atom. The molecular formula is C15H21NO4. The molecule has 1 aliphatic rings. The van der Waals surface area contributed by atoms with E-state index in [2.05, 4.69) is 5.32 Å². The van der Waals surface area contributed by atoms with Crippen molar-refractivity contribution < 1.29 is 19.0 Å². The molecule has 2 rings (SSSR count). The van der Waals surface area contributed by atoms with Crippen LogP contribution in [-0.2, 0) is 9.53 Å². The van der Waals surface area contributed by atoms with Gasteiger partial charge in [-0.25, -0.2) is 0 Å². The molecule has 1 N–H and O–H groups in total. The largest absolute Gasteiger partial charge is 0.486 e. The molecule has 2 unspecified atom stereocenters. The van der Waals surface area contributed by atoms with Gasteiger partial charge in [0.2, 0.25) is 0 Å². The van der Waals surface area contributed by atoms with Crippen LogP contribution < -0.4 is 14.8 Å². The average Bonchev–Trinajstić information content (AvgIpc) is 2.46. The molecule has 2 atom stereocenters. The molecule has 5 nitrogen and oxygen atoms in total. The van der Waals surface area contributed by atoms with Crippen molar-refractivity contribution in [2.45, 2.75) is 32.9 Å². The van der Waals surface area contributed by atoms with Gasteiger partial charge in [-0.1, -0.05) is 6.07 Å². The Morgan fingerprint density at radius 1 is 1.30 bits per heavy atom. The number of hydrogen-bond donors (Lipinski definition) is 1. The second kappa shape index (κ2) is 6.61. The van der Waals surface area contributed by atoms with Crippen molar-refractivity contribution in [2.24, 2.45) is 0 Å². The summed E-state index contributed by atoms with van der Waals surface area (Å²) in [5.74, 6) is 1.29. The van der Waals surface area contributed by atoms with Gasteiger partial charge >= 0.3 is 5.97 Å². The Kier molecular flexibility index (Phi) is 4.84. The molecule has 1 aromatic carbocycles. The van der Waals surface area contributed by atoms with Crippen LogP contribution in [0.4, 0.5) is 0 Å². The van der Waals surface area contributed by atoms with E-state index >= 15 is 0 Å². The van der Waals surface area contributed by atoms with Crippen LogP contribution in [0.1, 0.15) is 32.4 Å². The highest BCUT2D eigenvalue weighted by Crippen LogP contribution is 2.32. The second-order valence-electron chi connectivity index (χ2n) is 4.77. The minimum absolute atomic E-state index is 0.0187. The van der Waals surface area contributed by atoms with Crippen molar-refractivity contribution in [1.82, 2.24) is 5.32 Å². The molecule has 0 amide bonds. The zero-order chi connectivity index (χ0) is 14.5. The molecule has 0 spiro atoms. The highest BCUT2D eigenvalue weighted by atomic mass is 16.6. The number of rotatable bonds is 5. The molecule has 0 radical (unpaired) electrons. The summed E-state index contributed by atoms with van der Waals surface area (Å²) in [4.78, 5) is 11.6. The third-order valence-corrected chi connectivity index (χ3v) is 3.21. The number of ether oxygens (including phenoxy) is 3. The van der Waals surface area contributed by atoms with Gasteiger partial charge in [0.05, 0.1) is 6.61 Å². The molecule has 20 heavy (non-hydrogen) atoms. The van der Waals surface area contributed by atoms with E-state index in [0.29, 0.717) is 19.8 Å². The first-order valence-corrected chi connectivity index (χ1v) is 6.94. The number of nitrogens with one attached hydrogen (secondary N) is 1. The number of hydrogen-bond acceptors (Lipinski definition) is 5. The highest BCUT2D eigenvalue weighted by molar-refractivity contribution is 5.75. The third kappa shape index (κ3) is 3.42. The number of fused-ring (bicyclic) bond motifs is 1. The van der Waals surface area contributed by atoms with Gasteiger partial charge in [0.15, 0.2) is 11.5 Å². The SMILES string of the molecule is CCOC(=O)C(C)NC(C)c1ccc2c(c1)OCCO2. The van der Waals surface area contributed by atoms with E-state index in [4.69, 9.17) is 14.2 Å². The summed E-state index contributed by atoms with van der Waals surface area (Å²) in [6.07, 6.45) is 0. The molecule has 0 saturated heterocycles. The van der Waals surface area contributed by atoms with E-state index in [0.717, 1.165) is 17.1 Å². The molecule has 0 fully saturated rings. The second-order valence-corrected chi connectivity index (χ2v) is 4.77. The molecule has 1 aliphatic heterocycles. The van der Waals surface area contributed by atoms with E-state index in [1.165, 1.54) is 0 Å². The van der Waals surface area contributed by atoms with Crippen LogP contribution in [0.3, 0.4) is 0 Å². The van der Waals surface area contributed by atoms with Crippen LogP contribution in [0, 0.1) is 0 Å². The lowest BCUT2D eigenvalue weighted by Crippen LogP contribution is -2.37. The van der Waals surface area contributed by atoms with E-state index in [9.17, 15) is 4.79 Å². The minimum Gasteiger partial charge on any atom is -0.486 e. The monoisotopic (exact) mass is 279 g/mol. The predicted molar refractivity (Wildman–Crippen MR) is 75.1 cm³/mol. The van der Waals surface area contributed by atoms with Crippen molar-refractivity contribution in [2.75, 3.05) is 19.8 Å². The first-order valence-electron chi connectivity index (χ1n) is 6.94. The maximum atomic E-state index is 11.6. The van der Waals surface area contributed by atoms with Gasteiger partial charge in [0, 0.05) is 6.04 Å². The van der Waals surface area contributed by atoms with Crippen molar-refractivity contribution >= 4 is 5.97 Å². The Hall–Kier alpha value is -1.75. The topological polar surface area (TPSA) is 56.8 Å². The molecule has 0 aromatic heterocycles. The van der Waals surface area contributed by atoms with Gasteiger partial charge in [0.25, 0.3) is 0 Å². The zero-order valence-corrected chi connectivity index (χ0v) is 12.1. The lowest BCUT2D eigenvalue weighted by molar-refractivity contribution is -0.145. The summed E-state index contributed by atoms with van der Waals surface area (Å²) >= 11 is 0. The minimum atomic E-state index is -0.349. The summed E-state index contributed by atoms with van der Waals surface area (Å²) in [5, 5.41) is 3.22.